The van der Waals surface area contributed by atoms with Gasteiger partial charge in [-0.15, -0.1) is 24.0 Å². The highest BCUT2D eigenvalue weighted by Crippen LogP contribution is 2.38. The van der Waals surface area contributed by atoms with Gasteiger partial charge in [0.15, 0.2) is 17.5 Å². The van der Waals surface area contributed by atoms with E-state index in [2.05, 4.69) is 20.4 Å². The van der Waals surface area contributed by atoms with Crippen LogP contribution in [0.1, 0.15) is 11.1 Å². The van der Waals surface area contributed by atoms with Gasteiger partial charge in [-0.2, -0.15) is 8.78 Å². The van der Waals surface area contributed by atoms with Crippen molar-refractivity contribution >= 4 is 29.9 Å². The lowest BCUT2D eigenvalue weighted by atomic mass is 10.1. The van der Waals surface area contributed by atoms with Gasteiger partial charge in [-0.05, 0) is 17.7 Å². The van der Waals surface area contributed by atoms with Crippen molar-refractivity contribution < 1.29 is 27.7 Å². The molecular weight excluding hydrogens is 511 g/mol. The molecule has 1 atom stereocenters. The molecule has 30 heavy (non-hydrogen) atoms. The molecule has 2 aliphatic rings. The molecular formula is C20H22F2IN3O4. The Bertz CT molecular complexity index is 889. The largest absolute Gasteiger partial charge is 0.488 e. The summed E-state index contributed by atoms with van der Waals surface area (Å²) in [5.41, 5.74) is 1.68. The first-order chi connectivity index (χ1) is 14.1. The van der Waals surface area contributed by atoms with E-state index in [1.54, 1.807) is 13.1 Å². The number of aliphatic imine (C=N–C) groups is 1. The number of nitrogens with one attached hydrogen (secondary N) is 2. The molecule has 0 radical (unpaired) electrons. The molecule has 0 spiro atoms. The van der Waals surface area contributed by atoms with E-state index in [1.807, 2.05) is 24.3 Å². The summed E-state index contributed by atoms with van der Waals surface area (Å²) in [7, 11) is 1.63. The van der Waals surface area contributed by atoms with Crippen molar-refractivity contribution in [3.8, 4) is 23.0 Å². The maximum absolute atomic E-state index is 12.8. The number of ether oxygens (including phenoxy) is 4. The maximum atomic E-state index is 12.8. The third-order valence-electron chi connectivity index (χ3n) is 4.65. The van der Waals surface area contributed by atoms with Crippen molar-refractivity contribution in [3.63, 3.8) is 0 Å². The number of hydrogen-bond acceptors (Lipinski definition) is 5. The Morgan fingerprint density at radius 2 is 1.93 bits per heavy atom. The maximum Gasteiger partial charge on any atom is 0.387 e. The van der Waals surface area contributed by atoms with Gasteiger partial charge in [0.05, 0.1) is 6.54 Å². The second kappa shape index (κ2) is 10.0. The zero-order chi connectivity index (χ0) is 20.2. The summed E-state index contributed by atoms with van der Waals surface area (Å²) in [6.07, 6.45) is 0.809. The minimum atomic E-state index is -2.94. The van der Waals surface area contributed by atoms with Gasteiger partial charge in [0.1, 0.15) is 17.6 Å². The molecule has 0 bridgehead atoms. The van der Waals surface area contributed by atoms with Crippen LogP contribution in [0.15, 0.2) is 41.4 Å². The van der Waals surface area contributed by atoms with Crippen molar-refractivity contribution in [2.24, 2.45) is 4.99 Å². The average Bonchev–Trinajstić information content (AvgIpc) is 3.33. The van der Waals surface area contributed by atoms with Crippen LogP contribution in [-0.2, 0) is 13.0 Å². The lowest BCUT2D eigenvalue weighted by molar-refractivity contribution is -0.0505. The number of nitrogens with zero attached hydrogens (tertiary/aromatic N) is 1. The van der Waals surface area contributed by atoms with Crippen LogP contribution in [0.5, 0.6) is 23.0 Å². The van der Waals surface area contributed by atoms with Gasteiger partial charge in [-0.1, -0.05) is 18.2 Å². The minimum Gasteiger partial charge on any atom is -0.488 e. The van der Waals surface area contributed by atoms with E-state index in [-0.39, 0.29) is 49.2 Å². The van der Waals surface area contributed by atoms with Gasteiger partial charge in [-0.3, -0.25) is 4.99 Å². The molecule has 2 aromatic rings. The summed E-state index contributed by atoms with van der Waals surface area (Å²) in [6.45, 7) is -2.12. The van der Waals surface area contributed by atoms with Gasteiger partial charge in [-0.25, -0.2) is 0 Å². The van der Waals surface area contributed by atoms with Crippen molar-refractivity contribution in [2.45, 2.75) is 25.7 Å². The van der Waals surface area contributed by atoms with Crippen LogP contribution in [0.25, 0.3) is 0 Å². The highest BCUT2D eigenvalue weighted by atomic mass is 127. The molecule has 0 saturated carbocycles. The van der Waals surface area contributed by atoms with Crippen molar-refractivity contribution in [2.75, 3.05) is 20.4 Å². The second-order valence-electron chi connectivity index (χ2n) is 6.55. The summed E-state index contributed by atoms with van der Waals surface area (Å²) in [6, 6.07) is 11.0. The summed E-state index contributed by atoms with van der Waals surface area (Å²) >= 11 is 0. The third-order valence-corrected chi connectivity index (χ3v) is 4.65. The lowest BCUT2D eigenvalue weighted by Gasteiger charge is -2.17. The van der Waals surface area contributed by atoms with E-state index in [1.165, 1.54) is 11.6 Å². The fourth-order valence-corrected chi connectivity index (χ4v) is 3.29. The predicted molar refractivity (Wildman–Crippen MR) is 117 cm³/mol. The molecule has 4 rings (SSSR count). The van der Waals surface area contributed by atoms with E-state index in [9.17, 15) is 8.78 Å². The number of rotatable bonds is 6. The SMILES string of the molecule is CN=C(NCc1cc2c(cc1OC(F)F)OCO2)NCC1Cc2ccccc2O1.I. The van der Waals surface area contributed by atoms with Crippen LogP contribution >= 0.6 is 24.0 Å². The number of fused-ring (bicyclic) bond motifs is 2. The first kappa shape index (κ1) is 22.2. The molecule has 0 aromatic heterocycles. The molecule has 2 N–H and O–H groups in total. The molecule has 2 heterocycles. The van der Waals surface area contributed by atoms with Crippen LogP contribution in [0.4, 0.5) is 8.78 Å². The molecule has 2 aromatic carbocycles. The number of halogens is 3. The van der Waals surface area contributed by atoms with Gasteiger partial charge >= 0.3 is 6.61 Å². The van der Waals surface area contributed by atoms with E-state index in [0.717, 1.165) is 12.2 Å². The number of benzene rings is 2. The van der Waals surface area contributed by atoms with Crippen molar-refractivity contribution in [1.29, 1.82) is 0 Å². The monoisotopic (exact) mass is 533 g/mol. The number of para-hydroxylation sites is 1. The first-order valence-corrected chi connectivity index (χ1v) is 9.19. The smallest absolute Gasteiger partial charge is 0.387 e. The van der Waals surface area contributed by atoms with Gasteiger partial charge < -0.3 is 29.6 Å². The van der Waals surface area contributed by atoms with Crippen LogP contribution < -0.4 is 29.6 Å². The highest BCUT2D eigenvalue weighted by Gasteiger charge is 2.23. The highest BCUT2D eigenvalue weighted by molar-refractivity contribution is 14.0. The number of guanidine groups is 1. The molecule has 0 aliphatic carbocycles. The molecule has 10 heteroatoms. The Labute approximate surface area is 189 Å². The van der Waals surface area contributed by atoms with Crippen LogP contribution in [0.2, 0.25) is 0 Å². The fourth-order valence-electron chi connectivity index (χ4n) is 3.29. The van der Waals surface area contributed by atoms with Gasteiger partial charge in [0.2, 0.25) is 6.79 Å². The standard InChI is InChI=1S/C20H21F2N3O4.HI/c1-23-20(25-10-14-6-12-4-2-3-5-15(12)28-14)24-9-13-7-17-18(27-11-26-17)8-16(13)29-19(21)22;/h2-5,7-8,14,19H,6,9-11H2,1H3,(H2,23,24,25);1H. The Morgan fingerprint density at radius 1 is 1.17 bits per heavy atom. The normalized spacial score (nSPS) is 16.5. The summed E-state index contributed by atoms with van der Waals surface area (Å²) in [5.74, 6) is 2.32. The first-order valence-electron chi connectivity index (χ1n) is 9.19. The van der Waals surface area contributed by atoms with Crippen LogP contribution in [0, 0.1) is 0 Å². The van der Waals surface area contributed by atoms with E-state index >= 15 is 0 Å². The quantitative estimate of drug-likeness (QED) is 0.338. The molecule has 0 saturated heterocycles. The molecule has 0 fully saturated rings. The summed E-state index contributed by atoms with van der Waals surface area (Å²) in [4.78, 5) is 4.17. The van der Waals surface area contributed by atoms with Gasteiger partial charge in [0.25, 0.3) is 0 Å². The summed E-state index contributed by atoms with van der Waals surface area (Å²) < 4.78 is 46.6. The zero-order valence-corrected chi connectivity index (χ0v) is 18.5. The Hall–Kier alpha value is -2.50. The van der Waals surface area contributed by atoms with Crippen molar-refractivity contribution in [3.05, 3.63) is 47.5 Å². The van der Waals surface area contributed by atoms with E-state index in [0.29, 0.717) is 29.6 Å². The molecule has 162 valence electrons. The molecule has 1 unspecified atom stereocenters. The topological polar surface area (TPSA) is 73.3 Å². The van der Waals surface area contributed by atoms with Gasteiger partial charge in [0, 0.05) is 31.6 Å². The Kier molecular flexibility index (Phi) is 7.40. The molecule has 2 aliphatic heterocycles. The van der Waals surface area contributed by atoms with E-state index < -0.39 is 6.61 Å². The molecule has 0 amide bonds. The third kappa shape index (κ3) is 5.15. The Balaban J connectivity index is 0.00000256. The second-order valence-corrected chi connectivity index (χ2v) is 6.55. The van der Waals surface area contributed by atoms with Crippen LogP contribution in [0.3, 0.4) is 0 Å². The zero-order valence-electron chi connectivity index (χ0n) is 16.2. The lowest BCUT2D eigenvalue weighted by Crippen LogP contribution is -2.42. The minimum absolute atomic E-state index is 0. The van der Waals surface area contributed by atoms with Crippen LogP contribution in [-0.4, -0.2) is 39.1 Å². The average molecular weight is 533 g/mol. The Morgan fingerprint density at radius 3 is 2.67 bits per heavy atom. The fraction of sp³-hybridized carbons (Fsp3) is 0.350. The van der Waals surface area contributed by atoms with E-state index in [4.69, 9.17) is 14.2 Å². The number of alkyl halides is 2. The predicted octanol–water partition coefficient (Wildman–Crippen LogP) is 3.30. The number of hydrogen-bond donors (Lipinski definition) is 2. The summed E-state index contributed by atoms with van der Waals surface area (Å²) in [5, 5.41) is 6.30. The van der Waals surface area contributed by atoms with Crippen molar-refractivity contribution in [1.82, 2.24) is 10.6 Å². The molecule has 7 nitrogen and oxygen atoms in total.